The number of nitrogens with zero attached hydrogens (tertiary/aromatic N) is 2. The number of carbonyl (C=O) groups is 1. The van der Waals surface area contributed by atoms with Gasteiger partial charge >= 0.3 is 0 Å². The van der Waals surface area contributed by atoms with E-state index in [1.54, 1.807) is 13.3 Å². The summed E-state index contributed by atoms with van der Waals surface area (Å²) in [4.78, 5) is 20.9. The quantitative estimate of drug-likeness (QED) is 0.628. The third kappa shape index (κ3) is 5.30. The largest absolute Gasteiger partial charge is 0.497 e. The molecule has 1 heterocycles. The lowest BCUT2D eigenvalue weighted by Crippen LogP contribution is -2.27. The number of carbonyl (C=O) groups excluding carboxylic acids is 1. The van der Waals surface area contributed by atoms with Gasteiger partial charge in [-0.05, 0) is 36.6 Å². The third-order valence-electron chi connectivity index (χ3n) is 4.41. The molecule has 0 radical (unpaired) electrons. The van der Waals surface area contributed by atoms with Crippen LogP contribution in [-0.4, -0.2) is 29.5 Å². The number of rotatable bonds is 8. The highest BCUT2D eigenvalue weighted by atomic mass is 16.5. The average Bonchev–Trinajstić information content (AvgIpc) is 2.75. The van der Waals surface area contributed by atoms with Gasteiger partial charge in [0.25, 0.3) is 5.91 Å². The minimum Gasteiger partial charge on any atom is -0.497 e. The maximum atomic E-state index is 12.3. The van der Waals surface area contributed by atoms with Crippen LogP contribution in [0.2, 0.25) is 0 Å². The van der Waals surface area contributed by atoms with Crippen LogP contribution in [0.15, 0.2) is 67.0 Å². The second-order valence-electron chi connectivity index (χ2n) is 6.42. The molecule has 2 aromatic carbocycles. The fourth-order valence-electron chi connectivity index (χ4n) is 2.76. The molecule has 0 saturated heterocycles. The van der Waals surface area contributed by atoms with Crippen molar-refractivity contribution in [1.82, 2.24) is 15.3 Å². The van der Waals surface area contributed by atoms with Crippen molar-refractivity contribution in [2.75, 3.05) is 19.0 Å². The highest BCUT2D eigenvalue weighted by Crippen LogP contribution is 2.13. The molecular weight excluding hydrogens is 352 g/mol. The molecule has 0 aliphatic carbocycles. The monoisotopic (exact) mass is 376 g/mol. The van der Waals surface area contributed by atoms with Gasteiger partial charge < -0.3 is 15.4 Å². The number of amides is 1. The Balaban J connectivity index is 1.49. The van der Waals surface area contributed by atoms with Crippen LogP contribution in [0.4, 0.5) is 5.82 Å². The van der Waals surface area contributed by atoms with Crippen LogP contribution in [-0.2, 0) is 6.42 Å². The van der Waals surface area contributed by atoms with Crippen LogP contribution in [0.5, 0.6) is 5.75 Å². The molecule has 2 N–H and O–H groups in total. The Hall–Kier alpha value is -3.41. The molecule has 28 heavy (non-hydrogen) atoms. The van der Waals surface area contributed by atoms with E-state index >= 15 is 0 Å². The first-order chi connectivity index (χ1) is 13.7. The lowest BCUT2D eigenvalue weighted by Gasteiger charge is -2.14. The van der Waals surface area contributed by atoms with Gasteiger partial charge in [0.2, 0.25) is 0 Å². The Morgan fingerprint density at radius 3 is 2.43 bits per heavy atom. The molecule has 0 spiro atoms. The van der Waals surface area contributed by atoms with E-state index in [9.17, 15) is 4.79 Å². The smallest absolute Gasteiger partial charge is 0.271 e. The maximum Gasteiger partial charge on any atom is 0.271 e. The number of hydrogen-bond donors (Lipinski definition) is 2. The van der Waals surface area contributed by atoms with Gasteiger partial charge in [0, 0.05) is 6.54 Å². The fourth-order valence-corrected chi connectivity index (χ4v) is 2.76. The van der Waals surface area contributed by atoms with Crippen LogP contribution in [0.3, 0.4) is 0 Å². The molecule has 1 atom stereocenters. The number of ether oxygens (including phenoxy) is 1. The molecule has 6 nitrogen and oxygen atoms in total. The van der Waals surface area contributed by atoms with Gasteiger partial charge in [0.1, 0.15) is 17.3 Å². The molecule has 3 aromatic rings. The minimum atomic E-state index is -0.242. The Bertz CT molecular complexity index is 881. The average molecular weight is 376 g/mol. The number of hydrogen-bond acceptors (Lipinski definition) is 5. The maximum absolute atomic E-state index is 12.3. The second-order valence-corrected chi connectivity index (χ2v) is 6.42. The number of anilines is 1. The lowest BCUT2D eigenvalue weighted by molar-refractivity contribution is 0.0934. The molecule has 0 aliphatic rings. The van der Waals surface area contributed by atoms with Gasteiger partial charge in [0.05, 0.1) is 25.5 Å². The summed E-state index contributed by atoms with van der Waals surface area (Å²) in [5, 5.41) is 6.15. The Kier molecular flexibility index (Phi) is 6.57. The van der Waals surface area contributed by atoms with Gasteiger partial charge in [0.15, 0.2) is 0 Å². The minimum absolute atomic E-state index is 0.0993. The first-order valence-electron chi connectivity index (χ1n) is 9.20. The number of nitrogens with one attached hydrogen (secondary N) is 2. The molecule has 144 valence electrons. The van der Waals surface area contributed by atoms with Crippen LogP contribution >= 0.6 is 0 Å². The molecule has 6 heteroatoms. The Morgan fingerprint density at radius 1 is 1.04 bits per heavy atom. The standard InChI is InChI=1S/C22H24N4O2/c1-16(18-6-4-3-5-7-18)26-22(27)20-14-25-21(15-24-20)23-13-12-17-8-10-19(28-2)11-9-17/h3-11,14-16H,12-13H2,1-2H3,(H,23,25)(H,26,27). The van der Waals surface area contributed by atoms with Crippen molar-refractivity contribution in [3.63, 3.8) is 0 Å². The van der Waals surface area contributed by atoms with Crippen molar-refractivity contribution in [3.05, 3.63) is 83.8 Å². The van der Waals surface area contributed by atoms with Crippen molar-refractivity contribution in [2.24, 2.45) is 0 Å². The summed E-state index contributed by atoms with van der Waals surface area (Å²) in [7, 11) is 1.65. The summed E-state index contributed by atoms with van der Waals surface area (Å²) in [6, 6.07) is 17.7. The molecule has 0 saturated carbocycles. The topological polar surface area (TPSA) is 76.1 Å². The van der Waals surface area contributed by atoms with Crippen molar-refractivity contribution in [2.45, 2.75) is 19.4 Å². The summed E-state index contributed by atoms with van der Waals surface area (Å²) in [5.74, 6) is 1.24. The highest BCUT2D eigenvalue weighted by molar-refractivity contribution is 5.92. The van der Waals surface area contributed by atoms with Gasteiger partial charge in [-0.3, -0.25) is 4.79 Å². The van der Waals surface area contributed by atoms with E-state index < -0.39 is 0 Å². The predicted molar refractivity (Wildman–Crippen MR) is 110 cm³/mol. The highest BCUT2D eigenvalue weighted by Gasteiger charge is 2.12. The summed E-state index contributed by atoms with van der Waals surface area (Å²) in [5.41, 5.74) is 2.54. The molecule has 1 aromatic heterocycles. The van der Waals surface area contributed by atoms with Crippen molar-refractivity contribution in [3.8, 4) is 5.75 Å². The van der Waals surface area contributed by atoms with E-state index in [1.807, 2.05) is 61.5 Å². The van der Waals surface area contributed by atoms with Gasteiger partial charge in [-0.1, -0.05) is 42.5 Å². The van der Waals surface area contributed by atoms with Crippen molar-refractivity contribution < 1.29 is 9.53 Å². The zero-order valence-corrected chi connectivity index (χ0v) is 16.1. The molecule has 0 bridgehead atoms. The molecule has 0 fully saturated rings. The van der Waals surface area contributed by atoms with Crippen LogP contribution in [0, 0.1) is 0 Å². The van der Waals surface area contributed by atoms with Crippen LogP contribution < -0.4 is 15.4 Å². The Labute approximate surface area is 165 Å². The predicted octanol–water partition coefficient (Wildman–Crippen LogP) is 3.63. The molecule has 0 aliphatic heterocycles. The summed E-state index contributed by atoms with van der Waals surface area (Å²) < 4.78 is 5.16. The van der Waals surface area contributed by atoms with E-state index in [0.717, 1.165) is 24.3 Å². The number of methoxy groups -OCH3 is 1. The van der Waals surface area contributed by atoms with E-state index in [1.165, 1.54) is 11.8 Å². The normalized spacial score (nSPS) is 11.5. The van der Waals surface area contributed by atoms with E-state index in [-0.39, 0.29) is 11.9 Å². The first kappa shape index (κ1) is 19.4. The van der Waals surface area contributed by atoms with Gasteiger partial charge in [-0.2, -0.15) is 0 Å². The summed E-state index contributed by atoms with van der Waals surface area (Å²) in [6.45, 7) is 2.66. The number of benzene rings is 2. The fraction of sp³-hybridized carbons (Fsp3) is 0.227. The molecule has 1 amide bonds. The van der Waals surface area contributed by atoms with Crippen molar-refractivity contribution >= 4 is 11.7 Å². The zero-order chi connectivity index (χ0) is 19.8. The summed E-state index contributed by atoms with van der Waals surface area (Å²) >= 11 is 0. The van der Waals surface area contributed by atoms with Gasteiger partial charge in [-0.15, -0.1) is 0 Å². The third-order valence-corrected chi connectivity index (χ3v) is 4.41. The first-order valence-corrected chi connectivity index (χ1v) is 9.20. The Morgan fingerprint density at radius 2 is 1.79 bits per heavy atom. The van der Waals surface area contributed by atoms with E-state index in [2.05, 4.69) is 20.6 Å². The van der Waals surface area contributed by atoms with E-state index in [0.29, 0.717) is 11.5 Å². The molecule has 1 unspecified atom stereocenters. The molecular formula is C22H24N4O2. The second kappa shape index (κ2) is 9.50. The van der Waals surface area contributed by atoms with Crippen LogP contribution in [0.1, 0.15) is 34.6 Å². The van der Waals surface area contributed by atoms with Gasteiger partial charge in [-0.25, -0.2) is 9.97 Å². The van der Waals surface area contributed by atoms with Crippen molar-refractivity contribution in [1.29, 1.82) is 0 Å². The lowest BCUT2D eigenvalue weighted by atomic mass is 10.1. The zero-order valence-electron chi connectivity index (χ0n) is 16.1. The SMILES string of the molecule is COc1ccc(CCNc2cnc(C(=O)NC(C)c3ccccc3)cn2)cc1. The summed E-state index contributed by atoms with van der Waals surface area (Å²) in [6.07, 6.45) is 3.92. The molecule has 3 rings (SSSR count). The number of aromatic nitrogens is 2. The van der Waals surface area contributed by atoms with Crippen LogP contribution in [0.25, 0.3) is 0 Å². The van der Waals surface area contributed by atoms with E-state index in [4.69, 9.17) is 4.74 Å².